The lowest BCUT2D eigenvalue weighted by Crippen LogP contribution is -2.41. The fraction of sp³-hybridized carbons (Fsp3) is 0.579. The van der Waals surface area contributed by atoms with Crippen LogP contribution in [0.5, 0.6) is 0 Å². The van der Waals surface area contributed by atoms with Gasteiger partial charge in [0.05, 0.1) is 5.60 Å². The molecule has 0 aromatic heterocycles. The second kappa shape index (κ2) is 10.0. The first-order valence-corrected chi connectivity index (χ1v) is 8.99. The number of nitrogens with one attached hydrogen (secondary N) is 2. The summed E-state index contributed by atoms with van der Waals surface area (Å²) < 4.78 is 0. The number of carbonyl (C=O) groups is 2. The van der Waals surface area contributed by atoms with Gasteiger partial charge in [0.15, 0.2) is 0 Å². The molecule has 1 aromatic carbocycles. The highest BCUT2D eigenvalue weighted by atomic mass is 16.3. The summed E-state index contributed by atoms with van der Waals surface area (Å²) in [6.07, 6.45) is 2.40. The zero-order valence-corrected chi connectivity index (χ0v) is 15.8. The largest absolute Gasteiger partial charge is 0.388 e. The van der Waals surface area contributed by atoms with Crippen LogP contribution >= 0.6 is 0 Å². The number of benzene rings is 1. The monoisotopic (exact) mass is 349 g/mol. The number of anilines is 1. The molecule has 3 amide bonds. The highest BCUT2D eigenvalue weighted by molar-refractivity contribution is 5.95. The van der Waals surface area contributed by atoms with Gasteiger partial charge in [0.25, 0.3) is 5.91 Å². The Morgan fingerprint density at radius 3 is 2.12 bits per heavy atom. The predicted molar refractivity (Wildman–Crippen MR) is 101 cm³/mol. The third kappa shape index (κ3) is 7.13. The lowest BCUT2D eigenvalue weighted by molar-refractivity contribution is 0.0587. The molecule has 1 aromatic rings. The SMILES string of the molecule is CCCN(CCC)C(=O)c1ccc(NC(=O)NC[C@@](C)(O)CC)cc1. The Labute approximate surface area is 150 Å². The molecule has 6 heteroatoms. The number of urea groups is 1. The highest BCUT2D eigenvalue weighted by Crippen LogP contribution is 2.13. The van der Waals surface area contributed by atoms with Crippen LogP contribution < -0.4 is 10.6 Å². The van der Waals surface area contributed by atoms with Crippen LogP contribution in [0.4, 0.5) is 10.5 Å². The van der Waals surface area contributed by atoms with Gasteiger partial charge in [-0.15, -0.1) is 0 Å². The number of hydrogen-bond donors (Lipinski definition) is 3. The summed E-state index contributed by atoms with van der Waals surface area (Å²) in [7, 11) is 0. The van der Waals surface area contributed by atoms with E-state index in [1.165, 1.54) is 0 Å². The predicted octanol–water partition coefficient (Wildman–Crippen LogP) is 3.23. The number of carbonyl (C=O) groups excluding carboxylic acids is 2. The molecule has 25 heavy (non-hydrogen) atoms. The van der Waals surface area contributed by atoms with E-state index < -0.39 is 5.60 Å². The van der Waals surface area contributed by atoms with Crippen molar-refractivity contribution in [1.82, 2.24) is 10.2 Å². The molecule has 0 radical (unpaired) electrons. The molecule has 0 fully saturated rings. The average Bonchev–Trinajstić information content (AvgIpc) is 2.60. The molecule has 6 nitrogen and oxygen atoms in total. The van der Waals surface area contributed by atoms with E-state index in [0.29, 0.717) is 17.7 Å². The minimum absolute atomic E-state index is 0.0127. The molecule has 0 unspecified atom stereocenters. The average molecular weight is 349 g/mol. The van der Waals surface area contributed by atoms with Crippen molar-refractivity contribution >= 4 is 17.6 Å². The highest BCUT2D eigenvalue weighted by Gasteiger charge is 2.18. The van der Waals surface area contributed by atoms with Crippen LogP contribution in [-0.4, -0.2) is 47.2 Å². The van der Waals surface area contributed by atoms with E-state index in [0.717, 1.165) is 25.9 Å². The first-order valence-electron chi connectivity index (χ1n) is 8.99. The molecule has 0 spiro atoms. The Bertz CT molecular complexity index is 550. The minimum Gasteiger partial charge on any atom is -0.388 e. The van der Waals surface area contributed by atoms with Crippen molar-refractivity contribution < 1.29 is 14.7 Å². The van der Waals surface area contributed by atoms with Crippen LogP contribution in [0.1, 0.15) is 57.3 Å². The van der Waals surface area contributed by atoms with Gasteiger partial charge in [-0.1, -0.05) is 20.8 Å². The Hall–Kier alpha value is -2.08. The molecule has 0 bridgehead atoms. The first-order chi connectivity index (χ1) is 11.8. The van der Waals surface area contributed by atoms with Crippen molar-refractivity contribution in [3.05, 3.63) is 29.8 Å². The second-order valence-electron chi connectivity index (χ2n) is 6.53. The Morgan fingerprint density at radius 2 is 1.64 bits per heavy atom. The van der Waals surface area contributed by atoms with Gasteiger partial charge in [-0.05, 0) is 50.5 Å². The van der Waals surface area contributed by atoms with E-state index in [2.05, 4.69) is 24.5 Å². The van der Waals surface area contributed by atoms with Crippen LogP contribution in [0.15, 0.2) is 24.3 Å². The molecule has 1 atom stereocenters. The molecule has 0 saturated carbocycles. The molecule has 3 N–H and O–H groups in total. The topological polar surface area (TPSA) is 81.7 Å². The molecular weight excluding hydrogens is 318 g/mol. The zero-order valence-electron chi connectivity index (χ0n) is 15.8. The summed E-state index contributed by atoms with van der Waals surface area (Å²) in [5.41, 5.74) is 0.291. The Kier molecular flexibility index (Phi) is 8.41. The van der Waals surface area contributed by atoms with Gasteiger partial charge >= 0.3 is 6.03 Å². The van der Waals surface area contributed by atoms with Gasteiger partial charge in [-0.3, -0.25) is 4.79 Å². The molecule has 0 aliphatic carbocycles. The van der Waals surface area contributed by atoms with Crippen molar-refractivity contribution in [2.45, 2.75) is 52.6 Å². The number of nitrogens with zero attached hydrogens (tertiary/aromatic N) is 1. The summed E-state index contributed by atoms with van der Waals surface area (Å²) in [6.45, 7) is 9.30. The van der Waals surface area contributed by atoms with E-state index in [9.17, 15) is 14.7 Å². The van der Waals surface area contributed by atoms with E-state index >= 15 is 0 Å². The molecule has 0 aliphatic heterocycles. The second-order valence-corrected chi connectivity index (χ2v) is 6.53. The summed E-state index contributed by atoms with van der Waals surface area (Å²) in [5, 5.41) is 15.2. The standard InChI is InChI=1S/C19H31N3O3/c1-5-12-22(13-6-2)17(23)15-8-10-16(11-9-15)21-18(24)20-14-19(4,25)7-3/h8-11,25H,5-7,12-14H2,1-4H3,(H2,20,21,24)/t19-/m0/s1. The van der Waals surface area contributed by atoms with E-state index in [-0.39, 0.29) is 18.5 Å². The van der Waals surface area contributed by atoms with Crippen molar-refractivity contribution in [3.8, 4) is 0 Å². The lowest BCUT2D eigenvalue weighted by Gasteiger charge is -2.22. The molecule has 1 rings (SSSR count). The minimum atomic E-state index is -0.921. The number of amides is 3. The Balaban J connectivity index is 2.63. The van der Waals surface area contributed by atoms with E-state index in [1.807, 2.05) is 11.8 Å². The van der Waals surface area contributed by atoms with Gasteiger partial charge in [0.1, 0.15) is 0 Å². The van der Waals surface area contributed by atoms with Crippen LogP contribution in [0.25, 0.3) is 0 Å². The molecule has 0 saturated heterocycles. The molecule has 140 valence electrons. The smallest absolute Gasteiger partial charge is 0.319 e. The fourth-order valence-electron chi connectivity index (χ4n) is 2.30. The maximum atomic E-state index is 12.5. The summed E-state index contributed by atoms with van der Waals surface area (Å²) in [6, 6.07) is 6.48. The van der Waals surface area contributed by atoms with E-state index in [4.69, 9.17) is 0 Å². The number of hydrogen-bond acceptors (Lipinski definition) is 3. The summed E-state index contributed by atoms with van der Waals surface area (Å²) in [4.78, 5) is 26.2. The third-order valence-corrected chi connectivity index (χ3v) is 4.06. The third-order valence-electron chi connectivity index (χ3n) is 4.06. The van der Waals surface area contributed by atoms with Crippen LogP contribution in [0.2, 0.25) is 0 Å². The van der Waals surface area contributed by atoms with E-state index in [1.54, 1.807) is 31.2 Å². The van der Waals surface area contributed by atoms with Crippen LogP contribution in [-0.2, 0) is 0 Å². The zero-order chi connectivity index (χ0) is 18.9. The normalized spacial score (nSPS) is 13.0. The number of aliphatic hydroxyl groups is 1. The fourth-order valence-corrected chi connectivity index (χ4v) is 2.30. The van der Waals surface area contributed by atoms with Crippen molar-refractivity contribution in [2.75, 3.05) is 25.0 Å². The lowest BCUT2D eigenvalue weighted by atomic mass is 10.0. The molecule has 0 aliphatic rings. The summed E-state index contributed by atoms with van der Waals surface area (Å²) >= 11 is 0. The van der Waals surface area contributed by atoms with Gasteiger partial charge in [0.2, 0.25) is 0 Å². The van der Waals surface area contributed by atoms with Gasteiger partial charge in [-0.25, -0.2) is 4.79 Å². The Morgan fingerprint density at radius 1 is 1.08 bits per heavy atom. The first kappa shape index (κ1) is 21.0. The maximum absolute atomic E-state index is 12.5. The van der Waals surface area contributed by atoms with Crippen LogP contribution in [0, 0.1) is 0 Å². The van der Waals surface area contributed by atoms with Crippen LogP contribution in [0.3, 0.4) is 0 Å². The van der Waals surface area contributed by atoms with Gasteiger partial charge < -0.3 is 20.6 Å². The van der Waals surface area contributed by atoms with Crippen molar-refractivity contribution in [2.24, 2.45) is 0 Å². The van der Waals surface area contributed by atoms with Crippen molar-refractivity contribution in [1.29, 1.82) is 0 Å². The van der Waals surface area contributed by atoms with Gasteiger partial charge in [0, 0.05) is 30.9 Å². The molecule has 0 heterocycles. The summed E-state index contributed by atoms with van der Waals surface area (Å²) in [5.74, 6) is 0.0127. The quantitative estimate of drug-likeness (QED) is 0.640. The number of rotatable bonds is 9. The van der Waals surface area contributed by atoms with Gasteiger partial charge in [-0.2, -0.15) is 0 Å². The maximum Gasteiger partial charge on any atom is 0.319 e. The molecular formula is C19H31N3O3. The van der Waals surface area contributed by atoms with Crippen molar-refractivity contribution in [3.63, 3.8) is 0 Å².